The van der Waals surface area contributed by atoms with Gasteiger partial charge in [0, 0.05) is 0 Å². The minimum atomic E-state index is -3.97. The Kier molecular flexibility index (Phi) is 7.08. The van der Waals surface area contributed by atoms with Gasteiger partial charge in [-0.25, -0.2) is 13.2 Å². The Morgan fingerprint density at radius 3 is 2.42 bits per heavy atom. The number of ether oxygens (including phenoxy) is 1. The zero-order chi connectivity index (χ0) is 24.4. The van der Waals surface area contributed by atoms with Gasteiger partial charge in [-0.1, -0.05) is 24.6 Å². The second-order valence-corrected chi connectivity index (χ2v) is 10.3. The molecule has 4 amide bonds. The first kappa shape index (κ1) is 24.6. The van der Waals surface area contributed by atoms with Gasteiger partial charge in [-0.3, -0.25) is 19.8 Å². The van der Waals surface area contributed by atoms with Crippen LogP contribution in [0.3, 0.4) is 0 Å². The highest BCUT2D eigenvalue weighted by Gasteiger charge is 2.52. The predicted octanol–water partition coefficient (Wildman–Crippen LogP) is 0.737. The molecule has 33 heavy (non-hydrogen) atoms. The van der Waals surface area contributed by atoms with E-state index in [1.807, 2.05) is 6.92 Å². The van der Waals surface area contributed by atoms with Crippen LogP contribution in [-0.4, -0.2) is 55.4 Å². The molecule has 1 aromatic rings. The van der Waals surface area contributed by atoms with Gasteiger partial charge >= 0.3 is 12.0 Å². The van der Waals surface area contributed by atoms with E-state index in [1.54, 1.807) is 12.1 Å². The second kappa shape index (κ2) is 9.48. The number of hydrazine groups is 1. The van der Waals surface area contributed by atoms with Crippen molar-refractivity contribution in [1.82, 2.24) is 20.5 Å². The number of nitrogens with zero attached hydrogens (tertiary/aromatic N) is 1. The van der Waals surface area contributed by atoms with E-state index in [2.05, 4.69) is 22.4 Å². The minimum Gasteiger partial charge on any atom is -0.454 e. The van der Waals surface area contributed by atoms with Gasteiger partial charge < -0.3 is 10.1 Å². The van der Waals surface area contributed by atoms with Gasteiger partial charge in [0.15, 0.2) is 6.61 Å². The Morgan fingerprint density at radius 2 is 1.82 bits per heavy atom. The topological polar surface area (TPSA) is 151 Å². The molecule has 2 fully saturated rings. The van der Waals surface area contributed by atoms with E-state index in [9.17, 15) is 27.6 Å². The van der Waals surface area contributed by atoms with Gasteiger partial charge in [0.2, 0.25) is 10.0 Å². The molecule has 0 unspecified atom stereocenters. The number of imide groups is 1. The molecular formula is C21H28N4O7S. The molecule has 0 radical (unpaired) electrons. The number of benzene rings is 1. The van der Waals surface area contributed by atoms with Crippen molar-refractivity contribution in [3.05, 3.63) is 29.8 Å². The fraction of sp³-hybridized carbons (Fsp3) is 0.524. The van der Waals surface area contributed by atoms with Gasteiger partial charge in [0.1, 0.15) is 11.6 Å². The summed E-state index contributed by atoms with van der Waals surface area (Å²) < 4.78 is 31.8. The molecule has 11 nitrogen and oxygen atoms in total. The maximum atomic E-state index is 12.7. The Hall–Kier alpha value is -2.99. The summed E-state index contributed by atoms with van der Waals surface area (Å²) in [5, 5.41) is 3.27. The number of aryl methyl sites for hydroxylation is 1. The smallest absolute Gasteiger partial charge is 0.344 e. The lowest BCUT2D eigenvalue weighted by atomic mass is 9.77. The van der Waals surface area contributed by atoms with Crippen LogP contribution in [-0.2, 0) is 29.1 Å². The molecule has 1 aliphatic carbocycles. The molecule has 1 saturated heterocycles. The molecule has 1 spiro atoms. The summed E-state index contributed by atoms with van der Waals surface area (Å²) in [7, 11) is -3.97. The van der Waals surface area contributed by atoms with Crippen molar-refractivity contribution in [2.75, 3.05) is 6.61 Å². The largest absolute Gasteiger partial charge is 0.454 e. The Balaban J connectivity index is 1.51. The van der Waals surface area contributed by atoms with Crippen LogP contribution in [0.25, 0.3) is 0 Å². The van der Waals surface area contributed by atoms with E-state index < -0.39 is 52.0 Å². The molecule has 1 atom stereocenters. The summed E-state index contributed by atoms with van der Waals surface area (Å²) in [6, 6.07) is 4.04. The van der Waals surface area contributed by atoms with E-state index in [-0.39, 0.29) is 4.90 Å². The van der Waals surface area contributed by atoms with Crippen molar-refractivity contribution < 1.29 is 32.3 Å². The minimum absolute atomic E-state index is 0.0184. The molecule has 1 heterocycles. The Bertz CT molecular complexity index is 1050. The number of sulfonamides is 1. The van der Waals surface area contributed by atoms with Gasteiger partial charge in [-0.15, -0.1) is 0 Å². The monoisotopic (exact) mass is 480 g/mol. The van der Waals surface area contributed by atoms with Crippen LogP contribution in [0.5, 0.6) is 0 Å². The Morgan fingerprint density at radius 1 is 1.21 bits per heavy atom. The number of amides is 4. The van der Waals surface area contributed by atoms with Crippen LogP contribution < -0.4 is 15.5 Å². The first-order valence-electron chi connectivity index (χ1n) is 10.7. The molecule has 2 aliphatic rings. The van der Waals surface area contributed by atoms with E-state index in [1.165, 1.54) is 19.1 Å². The van der Waals surface area contributed by atoms with Crippen molar-refractivity contribution in [2.45, 2.75) is 62.9 Å². The molecule has 1 aromatic carbocycles. The lowest BCUT2D eigenvalue weighted by Crippen LogP contribution is -2.52. The summed E-state index contributed by atoms with van der Waals surface area (Å²) in [6.45, 7) is 4.36. The maximum absolute atomic E-state index is 12.7. The van der Waals surface area contributed by atoms with E-state index in [0.29, 0.717) is 23.8 Å². The van der Waals surface area contributed by atoms with Gasteiger partial charge in [-0.2, -0.15) is 9.73 Å². The third-order valence-electron chi connectivity index (χ3n) is 5.89. The van der Waals surface area contributed by atoms with Gasteiger partial charge in [0.05, 0.1) is 4.90 Å². The van der Waals surface area contributed by atoms with Crippen LogP contribution in [0, 0.1) is 12.8 Å². The lowest BCUT2D eigenvalue weighted by molar-refractivity contribution is -0.151. The van der Waals surface area contributed by atoms with Crippen molar-refractivity contribution in [1.29, 1.82) is 0 Å². The third-order valence-corrected chi connectivity index (χ3v) is 7.45. The zero-order valence-corrected chi connectivity index (χ0v) is 19.5. The summed E-state index contributed by atoms with van der Waals surface area (Å²) in [4.78, 5) is 49.3. The highest BCUT2D eigenvalue weighted by molar-refractivity contribution is 7.89. The van der Waals surface area contributed by atoms with Crippen LogP contribution >= 0.6 is 0 Å². The average molecular weight is 481 g/mol. The maximum Gasteiger partial charge on any atom is 0.344 e. The van der Waals surface area contributed by atoms with Crippen LogP contribution in [0.1, 0.15) is 45.1 Å². The number of rotatable bonds is 7. The molecule has 3 rings (SSSR count). The number of urea groups is 1. The Labute approximate surface area is 192 Å². The van der Waals surface area contributed by atoms with E-state index in [0.717, 1.165) is 18.4 Å². The highest BCUT2D eigenvalue weighted by atomic mass is 32.2. The fourth-order valence-corrected chi connectivity index (χ4v) is 4.99. The van der Waals surface area contributed by atoms with E-state index in [4.69, 9.17) is 4.74 Å². The highest BCUT2D eigenvalue weighted by Crippen LogP contribution is 2.35. The fourth-order valence-electron chi connectivity index (χ4n) is 3.80. The zero-order valence-electron chi connectivity index (χ0n) is 18.7. The second-order valence-electron chi connectivity index (χ2n) is 8.63. The molecule has 180 valence electrons. The number of carbonyl (C=O) groups is 4. The van der Waals surface area contributed by atoms with Crippen LogP contribution in [0.4, 0.5) is 4.79 Å². The SMILES string of the molecule is Cc1ccc(S(=O)(=O)N[C@H](C)C(=O)OCC(=O)NN2C(=O)NC3(CCC(C)CC3)C2=O)cc1. The first-order chi connectivity index (χ1) is 15.4. The molecule has 0 bridgehead atoms. The number of nitrogens with one attached hydrogen (secondary N) is 3. The molecule has 0 aromatic heterocycles. The lowest BCUT2D eigenvalue weighted by Gasteiger charge is -2.33. The summed E-state index contributed by atoms with van der Waals surface area (Å²) in [5.74, 6) is -1.98. The quantitative estimate of drug-likeness (QED) is 0.384. The number of esters is 1. The van der Waals surface area contributed by atoms with Crippen molar-refractivity contribution in [2.24, 2.45) is 5.92 Å². The van der Waals surface area contributed by atoms with Crippen LogP contribution in [0.2, 0.25) is 0 Å². The normalized spacial score (nSPS) is 23.8. The van der Waals surface area contributed by atoms with Crippen molar-refractivity contribution in [3.63, 3.8) is 0 Å². The first-order valence-corrected chi connectivity index (χ1v) is 12.1. The van der Waals surface area contributed by atoms with Crippen molar-refractivity contribution in [3.8, 4) is 0 Å². The summed E-state index contributed by atoms with van der Waals surface area (Å²) in [6.07, 6.45) is 2.53. The predicted molar refractivity (Wildman–Crippen MR) is 116 cm³/mol. The molecular weight excluding hydrogens is 452 g/mol. The summed E-state index contributed by atoms with van der Waals surface area (Å²) in [5.41, 5.74) is 2.01. The third kappa shape index (κ3) is 5.50. The molecule has 3 N–H and O–H groups in total. The average Bonchev–Trinajstić information content (AvgIpc) is 2.98. The molecule has 12 heteroatoms. The number of carbonyl (C=O) groups excluding carboxylic acids is 4. The standard InChI is InChI=1S/C21H28N4O7S/c1-13-4-6-16(7-5-13)33(30,31)24-15(3)18(27)32-12-17(26)23-25-19(28)21(22-20(25)29)10-8-14(2)9-11-21/h4-7,14-15,24H,8-12H2,1-3H3,(H,22,29)(H,23,26)/t14?,15-,21?/m1/s1. The van der Waals surface area contributed by atoms with Crippen LogP contribution in [0.15, 0.2) is 29.2 Å². The molecule has 1 aliphatic heterocycles. The van der Waals surface area contributed by atoms with E-state index >= 15 is 0 Å². The van der Waals surface area contributed by atoms with Crippen molar-refractivity contribution >= 4 is 33.8 Å². The number of hydrogen-bond acceptors (Lipinski definition) is 7. The molecule has 1 saturated carbocycles. The summed E-state index contributed by atoms with van der Waals surface area (Å²) >= 11 is 0. The number of hydrogen-bond donors (Lipinski definition) is 3. The van der Waals surface area contributed by atoms with Gasteiger partial charge in [-0.05, 0) is 57.6 Å². The van der Waals surface area contributed by atoms with Gasteiger partial charge in [0.25, 0.3) is 11.8 Å².